The fourth-order valence-corrected chi connectivity index (χ4v) is 7.80. The Bertz CT molecular complexity index is 1310. The van der Waals surface area contributed by atoms with E-state index in [-0.39, 0.29) is 22.3 Å². The lowest BCUT2D eigenvalue weighted by Crippen LogP contribution is -2.39. The highest BCUT2D eigenvalue weighted by molar-refractivity contribution is 9.10. The minimum absolute atomic E-state index is 0.0419. The Morgan fingerprint density at radius 1 is 1.09 bits per heavy atom. The maximum absolute atomic E-state index is 13.6. The SMILES string of the molecule is O=C1/C(=C2\SC(=S)N([C@H]3CCS(=O)(=O)C3)C2=O)c2cc(Br)ccc2N1Cc1ccccc1. The molecule has 2 aromatic carbocycles. The van der Waals surface area contributed by atoms with E-state index in [1.54, 1.807) is 4.90 Å². The number of benzene rings is 2. The molecule has 0 spiro atoms. The van der Waals surface area contributed by atoms with Crippen molar-refractivity contribution in [2.24, 2.45) is 0 Å². The summed E-state index contributed by atoms with van der Waals surface area (Å²) in [6, 6.07) is 14.7. The molecule has 2 amide bonds. The van der Waals surface area contributed by atoms with E-state index in [1.807, 2.05) is 48.5 Å². The Hall–Kier alpha value is -2.01. The number of fused-ring (bicyclic) bond motifs is 1. The quantitative estimate of drug-likeness (QED) is 0.429. The molecular formula is C22H17BrN2O4S3. The maximum atomic E-state index is 13.6. The zero-order chi connectivity index (χ0) is 22.6. The fourth-order valence-electron chi connectivity index (χ4n) is 4.27. The highest BCUT2D eigenvalue weighted by Gasteiger charge is 2.46. The number of hydrogen-bond acceptors (Lipinski definition) is 6. The van der Waals surface area contributed by atoms with Crippen LogP contribution in [0.3, 0.4) is 0 Å². The average molecular weight is 549 g/mol. The zero-order valence-corrected chi connectivity index (χ0v) is 20.7. The van der Waals surface area contributed by atoms with Crippen molar-refractivity contribution >= 4 is 77.1 Å². The number of nitrogens with zero attached hydrogens (tertiary/aromatic N) is 2. The van der Waals surface area contributed by atoms with Gasteiger partial charge in [0.2, 0.25) is 0 Å². The van der Waals surface area contributed by atoms with Crippen molar-refractivity contribution in [1.82, 2.24) is 4.90 Å². The van der Waals surface area contributed by atoms with Gasteiger partial charge < -0.3 is 4.90 Å². The second-order valence-corrected chi connectivity index (χ2v) is 12.6. The van der Waals surface area contributed by atoms with Crippen LogP contribution in [0, 0.1) is 0 Å². The smallest absolute Gasteiger partial charge is 0.267 e. The average Bonchev–Trinajstić information content (AvgIpc) is 3.33. The molecule has 0 radical (unpaired) electrons. The van der Waals surface area contributed by atoms with E-state index in [9.17, 15) is 18.0 Å². The second-order valence-electron chi connectivity index (χ2n) is 7.84. The molecule has 0 unspecified atom stereocenters. The number of halogens is 1. The molecule has 0 N–H and O–H groups in total. The predicted molar refractivity (Wildman–Crippen MR) is 133 cm³/mol. The summed E-state index contributed by atoms with van der Waals surface area (Å²) in [6.07, 6.45) is 0.355. The summed E-state index contributed by atoms with van der Waals surface area (Å²) in [7, 11) is -3.18. The first-order chi connectivity index (χ1) is 15.2. The van der Waals surface area contributed by atoms with Crippen LogP contribution >= 0.6 is 39.9 Å². The summed E-state index contributed by atoms with van der Waals surface area (Å²) in [6.45, 7) is 0.374. The van der Waals surface area contributed by atoms with Gasteiger partial charge in [-0.05, 0) is 30.2 Å². The van der Waals surface area contributed by atoms with Crippen molar-refractivity contribution in [2.45, 2.75) is 19.0 Å². The van der Waals surface area contributed by atoms with E-state index < -0.39 is 21.8 Å². The van der Waals surface area contributed by atoms with E-state index >= 15 is 0 Å². The molecule has 3 heterocycles. The Morgan fingerprint density at radius 3 is 2.53 bits per heavy atom. The summed E-state index contributed by atoms with van der Waals surface area (Å²) in [4.78, 5) is 30.3. The highest BCUT2D eigenvalue weighted by Crippen LogP contribution is 2.46. The number of anilines is 1. The largest absolute Gasteiger partial charge is 0.303 e. The molecule has 32 heavy (non-hydrogen) atoms. The molecule has 0 bridgehead atoms. The monoisotopic (exact) mass is 548 g/mol. The molecule has 3 aliphatic rings. The van der Waals surface area contributed by atoms with Crippen LogP contribution in [-0.2, 0) is 26.0 Å². The van der Waals surface area contributed by atoms with Gasteiger partial charge in [-0.2, -0.15) is 0 Å². The highest BCUT2D eigenvalue weighted by atomic mass is 79.9. The minimum Gasteiger partial charge on any atom is -0.303 e. The number of thioether (sulfide) groups is 1. The van der Waals surface area contributed by atoms with Crippen LogP contribution in [0.5, 0.6) is 0 Å². The lowest BCUT2D eigenvalue weighted by molar-refractivity contribution is -0.123. The van der Waals surface area contributed by atoms with Gasteiger partial charge in [0.1, 0.15) is 4.32 Å². The molecule has 2 fully saturated rings. The lowest BCUT2D eigenvalue weighted by atomic mass is 10.1. The molecular weight excluding hydrogens is 532 g/mol. The number of sulfone groups is 1. The van der Waals surface area contributed by atoms with Crippen LogP contribution in [0.25, 0.3) is 5.57 Å². The van der Waals surface area contributed by atoms with Gasteiger partial charge in [0.05, 0.1) is 40.3 Å². The standard InChI is InChI=1S/C22H17BrN2O4S3/c23-14-6-7-17-16(10-14)18(20(26)24(17)11-13-4-2-1-3-5-13)19-21(27)25(22(30)31-19)15-8-9-32(28,29)12-15/h1-7,10,15H,8-9,11-12H2/b19-18-/t15-/m0/s1. The Labute approximate surface area is 203 Å². The molecule has 2 saturated heterocycles. The molecule has 0 aliphatic carbocycles. The van der Waals surface area contributed by atoms with Gasteiger partial charge in [0.15, 0.2) is 9.84 Å². The molecule has 5 rings (SSSR count). The van der Waals surface area contributed by atoms with Crippen LogP contribution in [0.2, 0.25) is 0 Å². The van der Waals surface area contributed by atoms with Crippen molar-refractivity contribution in [3.63, 3.8) is 0 Å². The molecule has 6 nitrogen and oxygen atoms in total. The van der Waals surface area contributed by atoms with E-state index in [1.165, 1.54) is 4.90 Å². The Kier molecular flexibility index (Phi) is 5.51. The summed E-state index contributed by atoms with van der Waals surface area (Å²) >= 11 is 9.99. The van der Waals surface area contributed by atoms with Crippen LogP contribution in [0.4, 0.5) is 5.69 Å². The van der Waals surface area contributed by atoms with E-state index in [0.29, 0.717) is 28.4 Å². The topological polar surface area (TPSA) is 74.8 Å². The van der Waals surface area contributed by atoms with Gasteiger partial charge in [0, 0.05) is 10.0 Å². The number of hydrogen-bond donors (Lipinski definition) is 0. The first-order valence-corrected chi connectivity index (χ1v) is 13.7. The third kappa shape index (κ3) is 3.72. The minimum atomic E-state index is -3.18. The summed E-state index contributed by atoms with van der Waals surface area (Å²) < 4.78 is 25.0. The van der Waals surface area contributed by atoms with Crippen LogP contribution in [0.1, 0.15) is 17.5 Å². The van der Waals surface area contributed by atoms with Gasteiger partial charge in [-0.15, -0.1) is 0 Å². The summed E-state index contributed by atoms with van der Waals surface area (Å²) in [5.74, 6) is -0.710. The van der Waals surface area contributed by atoms with E-state index in [2.05, 4.69) is 15.9 Å². The Morgan fingerprint density at radius 2 is 1.84 bits per heavy atom. The predicted octanol–water partition coefficient (Wildman–Crippen LogP) is 3.75. The number of thiocarbonyl (C=S) groups is 1. The van der Waals surface area contributed by atoms with Gasteiger partial charge in [-0.3, -0.25) is 14.5 Å². The van der Waals surface area contributed by atoms with E-state index in [4.69, 9.17) is 12.2 Å². The Balaban J connectivity index is 1.57. The maximum Gasteiger partial charge on any atom is 0.267 e. The van der Waals surface area contributed by atoms with Crippen LogP contribution < -0.4 is 4.90 Å². The van der Waals surface area contributed by atoms with Crippen molar-refractivity contribution in [1.29, 1.82) is 0 Å². The lowest BCUT2D eigenvalue weighted by Gasteiger charge is -2.21. The number of amides is 2. The molecule has 164 valence electrons. The molecule has 0 aromatic heterocycles. The van der Waals surface area contributed by atoms with E-state index in [0.717, 1.165) is 27.5 Å². The van der Waals surface area contributed by atoms with Crippen molar-refractivity contribution in [3.8, 4) is 0 Å². The number of carbonyl (C=O) groups is 2. The van der Waals surface area contributed by atoms with Gasteiger partial charge in [-0.25, -0.2) is 8.42 Å². The van der Waals surface area contributed by atoms with Crippen molar-refractivity contribution < 1.29 is 18.0 Å². The number of rotatable bonds is 3. The molecule has 1 atom stereocenters. The van der Waals surface area contributed by atoms with Crippen LogP contribution in [0.15, 0.2) is 57.9 Å². The van der Waals surface area contributed by atoms with Crippen LogP contribution in [-0.4, -0.2) is 47.0 Å². The van der Waals surface area contributed by atoms with Gasteiger partial charge in [0.25, 0.3) is 11.8 Å². The first kappa shape index (κ1) is 21.8. The molecule has 10 heteroatoms. The first-order valence-electron chi connectivity index (χ1n) is 9.91. The fraction of sp³-hybridized carbons (Fsp3) is 0.227. The summed E-state index contributed by atoms with van der Waals surface area (Å²) in [5.41, 5.74) is 2.68. The third-order valence-corrected chi connectivity index (χ3v) is 9.41. The van der Waals surface area contributed by atoms with Crippen molar-refractivity contribution in [2.75, 3.05) is 16.4 Å². The molecule has 0 saturated carbocycles. The van der Waals surface area contributed by atoms with Gasteiger partial charge in [-0.1, -0.05) is 70.2 Å². The number of carbonyl (C=O) groups excluding carboxylic acids is 2. The van der Waals surface area contributed by atoms with Gasteiger partial charge >= 0.3 is 0 Å². The zero-order valence-electron chi connectivity index (χ0n) is 16.7. The third-order valence-electron chi connectivity index (χ3n) is 5.76. The second kappa shape index (κ2) is 8.09. The molecule has 3 aliphatic heterocycles. The summed E-state index contributed by atoms with van der Waals surface area (Å²) in [5, 5.41) is 0. The molecule has 2 aromatic rings. The normalized spacial score (nSPS) is 24.5. The van der Waals surface area contributed by atoms with Crippen molar-refractivity contribution in [3.05, 3.63) is 69.0 Å².